The van der Waals surface area contributed by atoms with E-state index in [4.69, 9.17) is 31.2 Å². The Morgan fingerprint density at radius 1 is 1.00 bits per heavy atom. The average molecular weight is 977 g/mol. The number of carbonyl (C=O) groups excluding carboxylic acids is 1. The van der Waals surface area contributed by atoms with Crippen LogP contribution in [0.3, 0.4) is 0 Å². The molecule has 18 heteroatoms. The Bertz CT molecular complexity index is 1770. The predicted molar refractivity (Wildman–Crippen MR) is 255 cm³/mol. The zero-order chi connectivity index (χ0) is 50.6. The lowest BCUT2D eigenvalue weighted by molar-refractivity contribution is -0.226. The van der Waals surface area contributed by atoms with Crippen molar-refractivity contribution >= 4 is 29.0 Å². The number of halogens is 3. The zero-order valence-corrected chi connectivity index (χ0v) is 42.9. The van der Waals surface area contributed by atoms with Crippen molar-refractivity contribution < 1.29 is 62.4 Å². The van der Waals surface area contributed by atoms with Crippen LogP contribution in [0.2, 0.25) is 0 Å². The van der Waals surface area contributed by atoms with E-state index in [-0.39, 0.29) is 73.7 Å². The van der Waals surface area contributed by atoms with Gasteiger partial charge in [-0.15, -0.1) is 0 Å². The van der Waals surface area contributed by atoms with Gasteiger partial charge in [0.05, 0.1) is 53.2 Å². The van der Waals surface area contributed by atoms with E-state index in [0.717, 1.165) is 12.1 Å². The Hall–Kier alpha value is -2.23. The number of ether oxygens (including phenoxy) is 4. The quantitative estimate of drug-likeness (QED) is 0.107. The minimum atomic E-state index is -4.54. The van der Waals surface area contributed by atoms with Crippen LogP contribution in [-0.2, 0) is 29.9 Å². The maximum absolute atomic E-state index is 14.2. The molecule has 3 aliphatic rings. The third-order valence-electron chi connectivity index (χ3n) is 15.7. The highest BCUT2D eigenvalue weighted by atomic mass is 32.1. The number of benzene rings is 1. The van der Waals surface area contributed by atoms with Gasteiger partial charge >= 0.3 is 12.1 Å². The zero-order valence-electron chi connectivity index (χ0n) is 42.0. The molecular formula is C49H83F3N4O10S. The van der Waals surface area contributed by atoms with Gasteiger partial charge in [-0.05, 0) is 128 Å². The van der Waals surface area contributed by atoms with Crippen LogP contribution in [0.15, 0.2) is 24.3 Å². The molecule has 18 atom stereocenters. The van der Waals surface area contributed by atoms with Crippen molar-refractivity contribution in [3.05, 3.63) is 29.8 Å². The lowest BCUT2D eigenvalue weighted by Gasteiger charge is -2.51. The van der Waals surface area contributed by atoms with E-state index in [1.54, 1.807) is 34.8 Å². The third-order valence-corrected chi connectivity index (χ3v) is 15.9. The van der Waals surface area contributed by atoms with Crippen LogP contribution in [0.5, 0.6) is 0 Å². The van der Waals surface area contributed by atoms with Gasteiger partial charge in [-0.3, -0.25) is 9.69 Å². The molecule has 1 aromatic carbocycles. The minimum Gasteiger partial charge on any atom is -0.459 e. The number of rotatable bonds is 11. The molecule has 7 N–H and O–H groups in total. The van der Waals surface area contributed by atoms with Crippen LogP contribution in [-0.4, -0.2) is 165 Å². The average Bonchev–Trinajstić information content (AvgIpc) is 3.25. The summed E-state index contributed by atoms with van der Waals surface area (Å²) >= 11 is 5.49. The van der Waals surface area contributed by atoms with Crippen LogP contribution in [0.4, 0.5) is 18.9 Å². The molecule has 3 unspecified atom stereocenters. The van der Waals surface area contributed by atoms with E-state index in [1.807, 2.05) is 58.5 Å². The number of hydrogen-bond acceptors (Lipinski definition) is 13. The van der Waals surface area contributed by atoms with Crippen molar-refractivity contribution in [2.75, 3.05) is 46.2 Å². The fourth-order valence-corrected chi connectivity index (χ4v) is 11.4. The summed E-state index contributed by atoms with van der Waals surface area (Å²) in [7, 11) is 5.38. The highest BCUT2D eigenvalue weighted by molar-refractivity contribution is 7.80. The van der Waals surface area contributed by atoms with Crippen LogP contribution in [0.1, 0.15) is 113 Å². The SMILES string of the molecule is CC[C@@H]1OC(=O)[C@H](C)[C@H](C)[C@@H](C)[C@H](C[C@@H]2CC(C)(OC)[C@H](O)[C@H](C)O2)C(O)(C[C@@H]2O[C@H](C)C[C@H](N(C)C)[C@@H]2O)C[C@H](C)CN(CCNC(=S)Nc2cccc(C(F)(F)F)c2)[C@H](C)[C@@H](O)C1(C)O. The summed E-state index contributed by atoms with van der Waals surface area (Å²) < 4.78 is 65.4. The molecule has 0 aromatic heterocycles. The number of nitrogens with one attached hydrogen (secondary N) is 2. The minimum absolute atomic E-state index is 0.0437. The maximum Gasteiger partial charge on any atom is 0.416 e. The first kappa shape index (κ1) is 57.3. The molecule has 0 bridgehead atoms. The van der Waals surface area contributed by atoms with Crippen molar-refractivity contribution in [2.24, 2.45) is 29.6 Å². The lowest BCUT2D eigenvalue weighted by Crippen LogP contribution is -2.60. The Labute approximate surface area is 402 Å². The summed E-state index contributed by atoms with van der Waals surface area (Å²) in [5.41, 5.74) is -5.09. The smallest absolute Gasteiger partial charge is 0.416 e. The number of alkyl halides is 3. The van der Waals surface area contributed by atoms with Gasteiger partial charge in [0.25, 0.3) is 0 Å². The summed E-state index contributed by atoms with van der Waals surface area (Å²) in [5.74, 6) is -2.93. The van der Waals surface area contributed by atoms with Gasteiger partial charge in [0, 0.05) is 57.4 Å². The summed E-state index contributed by atoms with van der Waals surface area (Å²) in [6.07, 6.45) is -9.33. The largest absolute Gasteiger partial charge is 0.459 e. The topological polar surface area (TPSA) is 186 Å². The van der Waals surface area contributed by atoms with E-state index >= 15 is 0 Å². The second kappa shape index (κ2) is 23.3. The first-order valence-electron chi connectivity index (χ1n) is 24.2. The Balaban J connectivity index is 1.80. The predicted octanol–water partition coefficient (Wildman–Crippen LogP) is 5.60. The molecule has 4 rings (SSSR count). The highest BCUT2D eigenvalue weighted by Gasteiger charge is 2.53. The molecule has 386 valence electrons. The summed E-state index contributed by atoms with van der Waals surface area (Å²) in [6.45, 7) is 19.0. The number of likely N-dealkylation sites (N-methyl/N-ethyl adjacent to an activating group) is 1. The summed E-state index contributed by atoms with van der Waals surface area (Å²) in [5, 5.41) is 67.0. The first-order valence-corrected chi connectivity index (χ1v) is 24.6. The van der Waals surface area contributed by atoms with Crippen LogP contribution < -0.4 is 10.6 Å². The van der Waals surface area contributed by atoms with Gasteiger partial charge < -0.3 is 60.0 Å². The van der Waals surface area contributed by atoms with Gasteiger partial charge in [-0.2, -0.15) is 13.2 Å². The lowest BCUT2D eigenvalue weighted by atomic mass is 9.63. The number of aliphatic hydroxyl groups is 5. The molecular weight excluding hydrogens is 894 g/mol. The number of aliphatic hydroxyl groups excluding tert-OH is 3. The number of nitrogens with zero attached hydrogens (tertiary/aromatic N) is 2. The Morgan fingerprint density at radius 2 is 1.66 bits per heavy atom. The van der Waals surface area contributed by atoms with Crippen LogP contribution >= 0.6 is 12.2 Å². The van der Waals surface area contributed by atoms with Gasteiger partial charge in [-0.25, -0.2) is 0 Å². The van der Waals surface area contributed by atoms with E-state index in [0.29, 0.717) is 19.3 Å². The molecule has 3 fully saturated rings. The monoisotopic (exact) mass is 977 g/mol. The van der Waals surface area contributed by atoms with Gasteiger partial charge in [-0.1, -0.05) is 40.7 Å². The third kappa shape index (κ3) is 14.0. The van der Waals surface area contributed by atoms with Gasteiger partial charge in [0.1, 0.15) is 23.9 Å². The molecule has 67 heavy (non-hydrogen) atoms. The maximum atomic E-state index is 14.2. The summed E-state index contributed by atoms with van der Waals surface area (Å²) in [6, 6.07) is 3.69. The Morgan fingerprint density at radius 3 is 2.25 bits per heavy atom. The molecule has 0 amide bonds. The fourth-order valence-electron chi connectivity index (χ4n) is 11.2. The van der Waals surface area contributed by atoms with Gasteiger partial charge in [0.15, 0.2) is 5.11 Å². The van der Waals surface area contributed by atoms with E-state index < -0.39 is 101 Å². The molecule has 14 nitrogen and oxygen atoms in total. The van der Waals surface area contributed by atoms with Crippen LogP contribution in [0.25, 0.3) is 0 Å². The van der Waals surface area contributed by atoms with Gasteiger partial charge in [0.2, 0.25) is 0 Å². The molecule has 3 heterocycles. The van der Waals surface area contributed by atoms with E-state index in [2.05, 4.69) is 10.6 Å². The normalized spacial score (nSPS) is 41.2. The number of esters is 1. The van der Waals surface area contributed by atoms with Crippen LogP contribution in [0, 0.1) is 29.6 Å². The Kier molecular flexibility index (Phi) is 20.0. The number of hydrogen-bond donors (Lipinski definition) is 7. The number of anilines is 1. The molecule has 3 saturated heterocycles. The van der Waals surface area contributed by atoms with Crippen molar-refractivity contribution in [3.63, 3.8) is 0 Å². The molecule has 0 spiro atoms. The van der Waals surface area contributed by atoms with Crippen molar-refractivity contribution in [1.29, 1.82) is 0 Å². The molecule has 3 aliphatic heterocycles. The van der Waals surface area contributed by atoms with Crippen molar-refractivity contribution in [2.45, 2.75) is 192 Å². The molecule has 0 saturated carbocycles. The molecule has 0 radical (unpaired) electrons. The highest BCUT2D eigenvalue weighted by Crippen LogP contribution is 2.47. The van der Waals surface area contributed by atoms with E-state index in [1.165, 1.54) is 19.1 Å². The molecule has 0 aliphatic carbocycles. The number of methoxy groups -OCH3 is 1. The second-order valence-electron chi connectivity index (χ2n) is 21.0. The fraction of sp³-hybridized carbons (Fsp3) is 0.837. The summed E-state index contributed by atoms with van der Waals surface area (Å²) in [4.78, 5) is 18.2. The number of thiocarbonyl (C=S) groups is 1. The second-order valence-corrected chi connectivity index (χ2v) is 21.4. The standard InChI is InChI=1S/C49H83F3N4O10S/c1-14-40-47(10,61)42(58)32(7)56(19-18-53-45(67)54-35-17-15-16-34(21-35)49(50,51)52)26-27(2)23-48(62,25-39-41(57)38(55(11)12)20-28(3)64-39)37(30(5)29(4)31(6)44(60)66-40)22-36-24-46(9,63-13)43(59)33(8)65-36/h15-17,21,27-33,36-43,57-59,61-62H,14,18-20,22-26H2,1-13H3,(H2,53,54,67)/t27-,28+,29+,30+,31+,32+,33-,36+,37-,38-,39-,40-,41-,42+,43+,46?,47?,48?/m0/s1. The van der Waals surface area contributed by atoms with Crippen molar-refractivity contribution in [1.82, 2.24) is 15.1 Å². The first-order chi connectivity index (χ1) is 31.0. The molecule has 1 aromatic rings. The van der Waals surface area contributed by atoms with E-state index in [9.17, 15) is 43.5 Å². The van der Waals surface area contributed by atoms with Crippen molar-refractivity contribution in [3.8, 4) is 0 Å². The number of carbonyl (C=O) groups is 1. The number of cyclic esters (lactones) is 1.